The molecule has 4 rings (SSSR count). The lowest BCUT2D eigenvalue weighted by atomic mass is 9.70. The maximum Gasteiger partial charge on any atom is 0.0741 e. The van der Waals surface area contributed by atoms with Gasteiger partial charge in [0.05, 0.1) is 5.52 Å². The first-order valence-corrected chi connectivity index (χ1v) is 8.80. The summed E-state index contributed by atoms with van der Waals surface area (Å²) >= 11 is 6.12. The average Bonchev–Trinajstić information content (AvgIpc) is 2.52. The fourth-order valence-corrected chi connectivity index (χ4v) is 4.47. The normalized spacial score (nSPS) is 22.8. The third kappa shape index (κ3) is 2.62. The van der Waals surface area contributed by atoms with Crippen molar-refractivity contribution in [2.75, 3.05) is 12.3 Å². The topological polar surface area (TPSA) is 64.9 Å². The second-order valence-corrected chi connectivity index (χ2v) is 7.30. The van der Waals surface area contributed by atoms with Crippen LogP contribution in [0.1, 0.15) is 42.9 Å². The Hall–Kier alpha value is -1.58. The van der Waals surface area contributed by atoms with E-state index in [1.165, 1.54) is 17.7 Å². The second-order valence-electron chi connectivity index (χ2n) is 6.87. The Morgan fingerprint density at radius 2 is 2.13 bits per heavy atom. The molecule has 23 heavy (non-hydrogen) atoms. The number of anilines is 1. The lowest BCUT2D eigenvalue weighted by molar-refractivity contribution is 0.426. The lowest BCUT2D eigenvalue weighted by Gasteiger charge is -2.36. The highest BCUT2D eigenvalue weighted by molar-refractivity contribution is 6.31. The summed E-state index contributed by atoms with van der Waals surface area (Å²) in [6, 6.07) is 5.81. The highest BCUT2D eigenvalue weighted by Crippen LogP contribution is 2.47. The number of halogens is 1. The Bertz CT molecular complexity index is 797. The van der Waals surface area contributed by atoms with Crippen molar-refractivity contribution in [1.82, 2.24) is 4.98 Å². The minimum absolute atomic E-state index is 0.508. The van der Waals surface area contributed by atoms with Gasteiger partial charge in [0, 0.05) is 27.4 Å². The molecule has 2 unspecified atom stereocenters. The van der Waals surface area contributed by atoms with Gasteiger partial charge >= 0.3 is 0 Å². The van der Waals surface area contributed by atoms with E-state index in [1.807, 2.05) is 18.2 Å². The molecule has 0 fully saturated rings. The number of hydrogen-bond donors (Lipinski definition) is 2. The number of aromatic nitrogens is 1. The molecule has 0 spiro atoms. The van der Waals surface area contributed by atoms with E-state index in [1.54, 1.807) is 5.57 Å². The first kappa shape index (κ1) is 15.0. The largest absolute Gasteiger partial charge is 0.398 e. The fourth-order valence-electron chi connectivity index (χ4n) is 4.30. The van der Waals surface area contributed by atoms with Crippen molar-refractivity contribution < 1.29 is 0 Å². The SMILES string of the molecule is NCCCC1=CC2Cc3nc4cc(Cl)ccc4c(N)c3C(C1)C2. The van der Waals surface area contributed by atoms with E-state index in [0.717, 1.165) is 48.8 Å². The maximum absolute atomic E-state index is 6.55. The minimum Gasteiger partial charge on any atom is -0.398 e. The minimum atomic E-state index is 0.508. The Kier molecular flexibility index (Phi) is 3.78. The number of nitrogens with zero attached hydrogens (tertiary/aromatic N) is 1. The first-order chi connectivity index (χ1) is 11.2. The molecule has 4 N–H and O–H groups in total. The van der Waals surface area contributed by atoms with E-state index < -0.39 is 0 Å². The van der Waals surface area contributed by atoms with Crippen molar-refractivity contribution in [3.63, 3.8) is 0 Å². The second kappa shape index (κ2) is 5.81. The Balaban J connectivity index is 1.77. The third-order valence-electron chi connectivity index (χ3n) is 5.24. The van der Waals surface area contributed by atoms with Crippen LogP contribution in [0.3, 0.4) is 0 Å². The van der Waals surface area contributed by atoms with Gasteiger partial charge in [-0.25, -0.2) is 0 Å². The zero-order chi connectivity index (χ0) is 16.0. The Morgan fingerprint density at radius 1 is 1.26 bits per heavy atom. The summed E-state index contributed by atoms with van der Waals surface area (Å²) in [5.74, 6) is 1.10. The number of nitrogens with two attached hydrogens (primary N) is 2. The number of nitrogen functional groups attached to an aromatic ring is 1. The van der Waals surface area contributed by atoms with Crippen LogP contribution in [0.4, 0.5) is 5.69 Å². The zero-order valence-electron chi connectivity index (χ0n) is 13.2. The van der Waals surface area contributed by atoms with E-state index in [4.69, 9.17) is 28.1 Å². The van der Waals surface area contributed by atoms with Crippen molar-refractivity contribution >= 4 is 28.2 Å². The summed E-state index contributed by atoms with van der Waals surface area (Å²) in [5, 5.41) is 1.74. The molecule has 3 nitrogen and oxygen atoms in total. The summed E-state index contributed by atoms with van der Waals surface area (Å²) in [5.41, 5.74) is 18.1. The molecule has 0 saturated carbocycles. The number of hydrogen-bond acceptors (Lipinski definition) is 3. The summed E-state index contributed by atoms with van der Waals surface area (Å²) < 4.78 is 0. The molecule has 1 aromatic carbocycles. The monoisotopic (exact) mass is 327 g/mol. The van der Waals surface area contributed by atoms with Gasteiger partial charge in [0.2, 0.25) is 0 Å². The molecular weight excluding hydrogens is 306 g/mol. The predicted molar refractivity (Wildman–Crippen MR) is 96.7 cm³/mol. The standard InChI is InChI=1S/C19H22ClN3/c20-14-3-4-15-16(10-14)23-17-9-12-6-11(2-1-5-21)7-13(8-12)18(17)19(15)22/h3-4,6,10,12-13H,1-2,5,7-9,21H2,(H2,22,23). The molecule has 2 aromatic rings. The smallest absolute Gasteiger partial charge is 0.0741 e. The number of fused-ring (bicyclic) bond motifs is 5. The molecule has 0 amide bonds. The molecule has 0 radical (unpaired) electrons. The summed E-state index contributed by atoms with van der Waals surface area (Å²) in [7, 11) is 0. The number of rotatable bonds is 3. The van der Waals surface area contributed by atoms with Gasteiger partial charge in [-0.05, 0) is 68.7 Å². The van der Waals surface area contributed by atoms with Crippen LogP contribution >= 0.6 is 11.6 Å². The van der Waals surface area contributed by atoms with Crippen LogP contribution in [0.25, 0.3) is 10.9 Å². The van der Waals surface area contributed by atoms with Crippen molar-refractivity contribution in [2.24, 2.45) is 11.7 Å². The van der Waals surface area contributed by atoms with Gasteiger partial charge in [0.1, 0.15) is 0 Å². The zero-order valence-corrected chi connectivity index (χ0v) is 13.9. The van der Waals surface area contributed by atoms with Crippen LogP contribution in [-0.2, 0) is 6.42 Å². The number of pyridine rings is 1. The molecule has 2 aliphatic rings. The van der Waals surface area contributed by atoms with Crippen molar-refractivity contribution in [3.8, 4) is 0 Å². The quantitative estimate of drug-likeness (QED) is 0.831. The fraction of sp³-hybridized carbons (Fsp3) is 0.421. The average molecular weight is 328 g/mol. The maximum atomic E-state index is 6.55. The van der Waals surface area contributed by atoms with Gasteiger partial charge < -0.3 is 11.5 Å². The molecule has 4 heteroatoms. The van der Waals surface area contributed by atoms with Gasteiger partial charge in [0.15, 0.2) is 0 Å². The van der Waals surface area contributed by atoms with E-state index in [-0.39, 0.29) is 0 Å². The molecule has 1 aromatic heterocycles. The van der Waals surface area contributed by atoms with E-state index in [9.17, 15) is 0 Å². The van der Waals surface area contributed by atoms with Crippen LogP contribution in [0.15, 0.2) is 29.8 Å². The van der Waals surface area contributed by atoms with Gasteiger partial charge in [0.25, 0.3) is 0 Å². The third-order valence-corrected chi connectivity index (χ3v) is 5.47. The van der Waals surface area contributed by atoms with Crippen LogP contribution < -0.4 is 11.5 Å². The molecule has 0 saturated heterocycles. The van der Waals surface area contributed by atoms with Crippen molar-refractivity contribution in [2.45, 2.75) is 38.0 Å². The summed E-state index contributed by atoms with van der Waals surface area (Å²) in [6.45, 7) is 0.762. The van der Waals surface area contributed by atoms with Crippen LogP contribution in [-0.4, -0.2) is 11.5 Å². The van der Waals surface area contributed by atoms with Crippen LogP contribution in [0.5, 0.6) is 0 Å². The summed E-state index contributed by atoms with van der Waals surface area (Å²) in [4.78, 5) is 4.89. The molecule has 1 heterocycles. The molecule has 0 aliphatic heterocycles. The molecule has 2 atom stereocenters. The van der Waals surface area contributed by atoms with Crippen LogP contribution in [0.2, 0.25) is 5.02 Å². The predicted octanol–water partition coefficient (Wildman–Crippen LogP) is 4.19. The Labute approximate surface area is 141 Å². The number of allylic oxidation sites excluding steroid dienone is 2. The molecule has 2 aliphatic carbocycles. The molecule has 2 bridgehead atoms. The van der Waals surface area contributed by atoms with E-state index in [2.05, 4.69) is 6.08 Å². The van der Waals surface area contributed by atoms with Crippen LogP contribution in [0, 0.1) is 5.92 Å². The van der Waals surface area contributed by atoms with Gasteiger partial charge in [-0.2, -0.15) is 0 Å². The lowest BCUT2D eigenvalue weighted by Crippen LogP contribution is -2.24. The highest BCUT2D eigenvalue weighted by atomic mass is 35.5. The van der Waals surface area contributed by atoms with Gasteiger partial charge in [-0.1, -0.05) is 23.3 Å². The summed E-state index contributed by atoms with van der Waals surface area (Å²) in [6.07, 6.45) is 7.95. The molecular formula is C19H22ClN3. The van der Waals surface area contributed by atoms with E-state index in [0.29, 0.717) is 16.9 Å². The van der Waals surface area contributed by atoms with Crippen molar-refractivity contribution in [1.29, 1.82) is 0 Å². The van der Waals surface area contributed by atoms with Gasteiger partial charge in [-0.15, -0.1) is 0 Å². The molecule has 120 valence electrons. The van der Waals surface area contributed by atoms with Crippen molar-refractivity contribution in [3.05, 3.63) is 46.1 Å². The number of benzene rings is 1. The Morgan fingerprint density at radius 3 is 2.96 bits per heavy atom. The highest BCUT2D eigenvalue weighted by Gasteiger charge is 2.33. The first-order valence-electron chi connectivity index (χ1n) is 8.43. The van der Waals surface area contributed by atoms with Gasteiger partial charge in [-0.3, -0.25) is 4.98 Å². The van der Waals surface area contributed by atoms with E-state index >= 15 is 0 Å².